The van der Waals surface area contributed by atoms with Crippen molar-refractivity contribution in [3.05, 3.63) is 70.3 Å². The molecule has 0 radical (unpaired) electrons. The number of hydrogen-bond acceptors (Lipinski definition) is 6. The zero-order valence-corrected chi connectivity index (χ0v) is 20.1. The first-order valence-corrected chi connectivity index (χ1v) is 12.8. The second kappa shape index (κ2) is 7.21. The van der Waals surface area contributed by atoms with E-state index in [1.807, 2.05) is 50.3 Å². The van der Waals surface area contributed by atoms with E-state index < -0.39 is 16.2 Å². The van der Waals surface area contributed by atoms with E-state index in [9.17, 15) is 18.1 Å². The van der Waals surface area contributed by atoms with Gasteiger partial charge in [-0.25, -0.2) is 0 Å². The normalized spacial score (nSPS) is 20.5. The van der Waals surface area contributed by atoms with Crippen LogP contribution in [0.2, 0.25) is 0 Å². The first-order chi connectivity index (χ1) is 16.1. The highest BCUT2D eigenvalue weighted by Crippen LogP contribution is 2.58. The minimum atomic E-state index is -4.53. The van der Waals surface area contributed by atoms with E-state index in [2.05, 4.69) is 17.0 Å². The standard InChI is InChI=1S/C26H26N2O5S/c1-27(2)16-7-4-15(5-8-16)25-17-9-6-14-10-11-28(3)19-12-18-21(34(30,31)32)13-20(29)26(33-25)24(18)23(17)22(14)19/h4-9,13,19,25,29H,10-12H2,1-3H3,(H,30,31,32)/t19-,25+/m1/s1. The van der Waals surface area contributed by atoms with Crippen LogP contribution in [0.3, 0.4) is 0 Å². The molecule has 0 saturated heterocycles. The van der Waals surface area contributed by atoms with Crippen LogP contribution in [0, 0.1) is 0 Å². The summed E-state index contributed by atoms with van der Waals surface area (Å²) < 4.78 is 41.0. The van der Waals surface area contributed by atoms with Gasteiger partial charge in [-0.05, 0) is 59.8 Å². The van der Waals surface area contributed by atoms with Crippen molar-refractivity contribution in [2.24, 2.45) is 0 Å². The smallest absolute Gasteiger partial charge is 0.294 e. The van der Waals surface area contributed by atoms with Crippen molar-refractivity contribution in [1.29, 1.82) is 0 Å². The lowest BCUT2D eigenvalue weighted by Gasteiger charge is -2.44. The molecule has 176 valence electrons. The molecule has 2 heterocycles. The third-order valence-corrected chi connectivity index (χ3v) is 8.37. The van der Waals surface area contributed by atoms with E-state index in [-0.39, 0.29) is 22.4 Å². The topological polar surface area (TPSA) is 90.3 Å². The average molecular weight is 479 g/mol. The second-order valence-electron chi connectivity index (χ2n) is 9.59. The molecule has 6 rings (SSSR count). The highest BCUT2D eigenvalue weighted by molar-refractivity contribution is 7.85. The number of ether oxygens (including phenoxy) is 1. The molecule has 2 aliphatic heterocycles. The third kappa shape index (κ3) is 2.99. The predicted octanol–water partition coefficient (Wildman–Crippen LogP) is 3.94. The molecule has 8 heteroatoms. The number of aromatic hydroxyl groups is 1. The van der Waals surface area contributed by atoms with Gasteiger partial charge in [0.15, 0.2) is 11.5 Å². The van der Waals surface area contributed by atoms with E-state index >= 15 is 0 Å². The molecular formula is C26H26N2O5S. The SMILES string of the molecule is CN(C)c1ccc([C@@H]2Oc3c(O)cc(S(=O)(=O)O)c4c3-c3c2ccc2c3[C@@H](C4)N(C)CC2)cc1. The summed E-state index contributed by atoms with van der Waals surface area (Å²) in [5, 5.41) is 10.9. The molecule has 0 unspecified atom stereocenters. The largest absolute Gasteiger partial charge is 0.504 e. The van der Waals surface area contributed by atoms with Crippen LogP contribution in [0.5, 0.6) is 11.5 Å². The van der Waals surface area contributed by atoms with Crippen LogP contribution in [0.1, 0.15) is 40.0 Å². The van der Waals surface area contributed by atoms with E-state index in [0.29, 0.717) is 17.5 Å². The van der Waals surface area contributed by atoms with Crippen molar-refractivity contribution >= 4 is 15.8 Å². The number of benzene rings is 3. The maximum atomic E-state index is 12.3. The molecule has 0 spiro atoms. The van der Waals surface area contributed by atoms with Crippen LogP contribution in [0.15, 0.2) is 47.4 Å². The summed E-state index contributed by atoms with van der Waals surface area (Å²) in [5.41, 5.74) is 7.38. The van der Waals surface area contributed by atoms with Gasteiger partial charge in [0.25, 0.3) is 10.1 Å². The van der Waals surface area contributed by atoms with Crippen molar-refractivity contribution in [2.45, 2.75) is 29.9 Å². The lowest BCUT2D eigenvalue weighted by molar-refractivity contribution is 0.213. The van der Waals surface area contributed by atoms with Gasteiger partial charge in [-0.2, -0.15) is 8.42 Å². The predicted molar refractivity (Wildman–Crippen MR) is 129 cm³/mol. The molecule has 34 heavy (non-hydrogen) atoms. The number of phenols is 1. The Morgan fingerprint density at radius 1 is 1.09 bits per heavy atom. The fourth-order valence-corrected chi connectivity index (χ4v) is 6.52. The Labute approximate surface area is 199 Å². The van der Waals surface area contributed by atoms with Gasteiger partial charge in [0, 0.05) is 49.6 Å². The fraction of sp³-hybridized carbons (Fsp3) is 0.308. The van der Waals surface area contributed by atoms with Gasteiger partial charge in [-0.3, -0.25) is 9.45 Å². The van der Waals surface area contributed by atoms with E-state index in [1.165, 1.54) is 11.1 Å². The molecule has 3 aromatic rings. The van der Waals surface area contributed by atoms with Gasteiger partial charge < -0.3 is 14.7 Å². The van der Waals surface area contributed by atoms with Gasteiger partial charge >= 0.3 is 0 Å². The Morgan fingerprint density at radius 2 is 1.82 bits per heavy atom. The minimum absolute atomic E-state index is 0.0149. The van der Waals surface area contributed by atoms with Crippen molar-refractivity contribution < 1.29 is 22.8 Å². The van der Waals surface area contributed by atoms with Gasteiger partial charge in [0.2, 0.25) is 0 Å². The lowest BCUT2D eigenvalue weighted by Crippen LogP contribution is -2.37. The highest BCUT2D eigenvalue weighted by atomic mass is 32.2. The monoisotopic (exact) mass is 478 g/mol. The van der Waals surface area contributed by atoms with Crippen LogP contribution in [-0.4, -0.2) is 50.7 Å². The summed E-state index contributed by atoms with van der Waals surface area (Å²) in [6.07, 6.45) is 0.863. The van der Waals surface area contributed by atoms with Gasteiger partial charge in [0.1, 0.15) is 11.0 Å². The number of anilines is 1. The minimum Gasteiger partial charge on any atom is -0.504 e. The van der Waals surface area contributed by atoms with E-state index in [4.69, 9.17) is 4.74 Å². The third-order valence-electron chi connectivity index (χ3n) is 7.45. The van der Waals surface area contributed by atoms with E-state index in [1.54, 1.807) is 0 Å². The van der Waals surface area contributed by atoms with Crippen molar-refractivity contribution in [2.75, 3.05) is 32.6 Å². The molecule has 2 N–H and O–H groups in total. The quantitative estimate of drug-likeness (QED) is 0.551. The Morgan fingerprint density at radius 3 is 2.50 bits per heavy atom. The molecule has 0 bridgehead atoms. The van der Waals surface area contributed by atoms with Crippen LogP contribution in [-0.2, 0) is 23.0 Å². The lowest BCUT2D eigenvalue weighted by atomic mass is 9.73. The number of phenolic OH excluding ortho intramolecular Hbond substituents is 1. The zero-order valence-electron chi connectivity index (χ0n) is 19.2. The summed E-state index contributed by atoms with van der Waals surface area (Å²) in [4.78, 5) is 4.02. The molecule has 0 saturated carbocycles. The second-order valence-corrected chi connectivity index (χ2v) is 11.0. The zero-order chi connectivity index (χ0) is 23.9. The molecule has 0 aromatic heterocycles. The van der Waals surface area contributed by atoms with Crippen molar-refractivity contribution in [1.82, 2.24) is 4.90 Å². The van der Waals surface area contributed by atoms with Gasteiger partial charge in [0.05, 0.1) is 0 Å². The summed E-state index contributed by atoms with van der Waals surface area (Å²) in [5.74, 6) is -0.0104. The summed E-state index contributed by atoms with van der Waals surface area (Å²) in [6, 6.07) is 13.4. The molecule has 2 atom stereocenters. The van der Waals surface area contributed by atoms with Crippen LogP contribution in [0.4, 0.5) is 5.69 Å². The molecular weight excluding hydrogens is 452 g/mol. The number of hydrogen-bond donors (Lipinski definition) is 2. The molecule has 0 fully saturated rings. The average Bonchev–Trinajstić information content (AvgIpc) is 2.80. The Balaban J connectivity index is 1.66. The number of nitrogens with zero attached hydrogens (tertiary/aromatic N) is 2. The molecule has 0 amide bonds. The molecule has 3 aliphatic rings. The fourth-order valence-electron chi connectivity index (χ4n) is 5.76. The van der Waals surface area contributed by atoms with Crippen molar-refractivity contribution in [3.8, 4) is 22.6 Å². The van der Waals surface area contributed by atoms with Crippen LogP contribution >= 0.6 is 0 Å². The Bertz CT molecular complexity index is 1450. The first kappa shape index (κ1) is 21.5. The summed E-state index contributed by atoms with van der Waals surface area (Å²) >= 11 is 0. The van der Waals surface area contributed by atoms with Crippen LogP contribution in [0.25, 0.3) is 11.1 Å². The van der Waals surface area contributed by atoms with Gasteiger partial charge in [-0.15, -0.1) is 0 Å². The molecule has 1 aliphatic carbocycles. The van der Waals surface area contributed by atoms with Crippen LogP contribution < -0.4 is 9.64 Å². The van der Waals surface area contributed by atoms with E-state index in [0.717, 1.165) is 41.4 Å². The van der Waals surface area contributed by atoms with Gasteiger partial charge in [-0.1, -0.05) is 24.3 Å². The molecule has 3 aromatic carbocycles. The summed E-state index contributed by atoms with van der Waals surface area (Å²) in [7, 11) is 1.48. The first-order valence-electron chi connectivity index (χ1n) is 11.3. The van der Waals surface area contributed by atoms with Crippen molar-refractivity contribution in [3.63, 3.8) is 0 Å². The maximum Gasteiger partial charge on any atom is 0.294 e. The Kier molecular flexibility index (Phi) is 4.55. The maximum absolute atomic E-state index is 12.3. The number of rotatable bonds is 3. The Hall–Kier alpha value is -3.07. The molecule has 7 nitrogen and oxygen atoms in total. The number of likely N-dealkylation sites (N-methyl/N-ethyl adjacent to an activating group) is 1. The highest BCUT2D eigenvalue weighted by Gasteiger charge is 2.43. The summed E-state index contributed by atoms with van der Waals surface area (Å²) in [6.45, 7) is 0.865.